The van der Waals surface area contributed by atoms with Crippen LogP contribution in [-0.4, -0.2) is 4.98 Å². The van der Waals surface area contributed by atoms with Crippen LogP contribution >= 0.6 is 0 Å². The minimum absolute atomic E-state index is 0.336. The Balaban J connectivity index is 1.77. The average molecular weight is 262 g/mol. The maximum absolute atomic E-state index is 4.40. The van der Waals surface area contributed by atoms with Crippen molar-refractivity contribution in [3.63, 3.8) is 0 Å². The van der Waals surface area contributed by atoms with E-state index in [0.29, 0.717) is 6.04 Å². The van der Waals surface area contributed by atoms with Crippen molar-refractivity contribution < 1.29 is 0 Å². The number of rotatable bonds is 4. The number of para-hydroxylation sites is 1. The van der Waals surface area contributed by atoms with E-state index in [0.717, 1.165) is 12.1 Å². The molecular weight excluding hydrogens is 244 g/mol. The number of pyridine rings is 1. The van der Waals surface area contributed by atoms with E-state index >= 15 is 0 Å². The highest BCUT2D eigenvalue weighted by molar-refractivity contribution is 5.81. The highest BCUT2D eigenvalue weighted by Crippen LogP contribution is 2.18. The molecule has 0 fully saturated rings. The summed E-state index contributed by atoms with van der Waals surface area (Å²) in [7, 11) is 0. The second-order valence-electron chi connectivity index (χ2n) is 5.00. The molecule has 3 aromatic rings. The molecule has 2 aromatic carbocycles. The topological polar surface area (TPSA) is 24.9 Å². The van der Waals surface area contributed by atoms with Gasteiger partial charge in [0.25, 0.3) is 0 Å². The van der Waals surface area contributed by atoms with Crippen LogP contribution in [-0.2, 0) is 6.54 Å². The highest BCUT2D eigenvalue weighted by Gasteiger charge is 2.06. The van der Waals surface area contributed by atoms with Gasteiger partial charge in [-0.25, -0.2) is 0 Å². The molecule has 0 amide bonds. The van der Waals surface area contributed by atoms with Gasteiger partial charge in [-0.15, -0.1) is 0 Å². The third-order valence-electron chi connectivity index (χ3n) is 3.64. The number of nitrogens with one attached hydrogen (secondary N) is 1. The fourth-order valence-electron chi connectivity index (χ4n) is 2.43. The van der Waals surface area contributed by atoms with Crippen molar-refractivity contribution >= 4 is 10.9 Å². The standard InChI is InChI=1S/C18H18N2/c1-14(15-7-3-2-4-8-15)20-13-16-11-12-19-18-10-6-5-9-17(16)18/h2-12,14,20H,13H2,1H3. The molecule has 0 saturated carbocycles. The van der Waals surface area contributed by atoms with Gasteiger partial charge < -0.3 is 5.32 Å². The van der Waals surface area contributed by atoms with Crippen LogP contribution in [0, 0.1) is 0 Å². The van der Waals surface area contributed by atoms with Crippen LogP contribution in [0.5, 0.6) is 0 Å². The summed E-state index contributed by atoms with van der Waals surface area (Å²) in [5.74, 6) is 0. The quantitative estimate of drug-likeness (QED) is 0.766. The summed E-state index contributed by atoms with van der Waals surface area (Å²) >= 11 is 0. The normalized spacial score (nSPS) is 12.4. The van der Waals surface area contributed by atoms with Gasteiger partial charge in [-0.1, -0.05) is 48.5 Å². The van der Waals surface area contributed by atoms with Crippen molar-refractivity contribution in [1.82, 2.24) is 10.3 Å². The lowest BCUT2D eigenvalue weighted by Gasteiger charge is -2.15. The Bertz CT molecular complexity index is 687. The van der Waals surface area contributed by atoms with Gasteiger partial charge in [0, 0.05) is 24.2 Å². The fraction of sp³-hybridized carbons (Fsp3) is 0.167. The minimum atomic E-state index is 0.336. The molecule has 20 heavy (non-hydrogen) atoms. The molecule has 1 aromatic heterocycles. The predicted octanol–water partition coefficient (Wildman–Crippen LogP) is 4.09. The summed E-state index contributed by atoms with van der Waals surface area (Å²) in [6.07, 6.45) is 1.88. The predicted molar refractivity (Wildman–Crippen MR) is 83.4 cm³/mol. The second-order valence-corrected chi connectivity index (χ2v) is 5.00. The van der Waals surface area contributed by atoms with Gasteiger partial charge in [0.1, 0.15) is 0 Å². The van der Waals surface area contributed by atoms with Gasteiger partial charge in [0.15, 0.2) is 0 Å². The maximum atomic E-state index is 4.40. The van der Waals surface area contributed by atoms with Gasteiger partial charge in [-0.05, 0) is 30.2 Å². The Morgan fingerprint density at radius 1 is 0.950 bits per heavy atom. The van der Waals surface area contributed by atoms with Crippen molar-refractivity contribution in [2.24, 2.45) is 0 Å². The molecule has 3 rings (SSSR count). The third kappa shape index (κ3) is 2.70. The van der Waals surface area contributed by atoms with Crippen LogP contribution in [0.15, 0.2) is 66.9 Å². The zero-order chi connectivity index (χ0) is 13.8. The monoisotopic (exact) mass is 262 g/mol. The summed E-state index contributed by atoms with van der Waals surface area (Å²) in [4.78, 5) is 4.40. The molecule has 1 atom stereocenters. The Hall–Kier alpha value is -2.19. The molecule has 0 saturated heterocycles. The van der Waals surface area contributed by atoms with Crippen molar-refractivity contribution in [1.29, 1.82) is 0 Å². The van der Waals surface area contributed by atoms with Crippen molar-refractivity contribution in [2.75, 3.05) is 0 Å². The number of fused-ring (bicyclic) bond motifs is 1. The molecule has 100 valence electrons. The van der Waals surface area contributed by atoms with Gasteiger partial charge >= 0.3 is 0 Å². The summed E-state index contributed by atoms with van der Waals surface area (Å²) < 4.78 is 0. The Morgan fingerprint density at radius 3 is 2.55 bits per heavy atom. The molecule has 0 bridgehead atoms. The number of hydrogen-bond acceptors (Lipinski definition) is 2. The van der Waals surface area contributed by atoms with Crippen LogP contribution in [0.2, 0.25) is 0 Å². The van der Waals surface area contributed by atoms with Crippen LogP contribution in [0.4, 0.5) is 0 Å². The first-order valence-electron chi connectivity index (χ1n) is 6.95. The molecule has 0 aliphatic heterocycles. The molecule has 1 N–H and O–H groups in total. The SMILES string of the molecule is CC(NCc1ccnc2ccccc12)c1ccccc1. The van der Waals surface area contributed by atoms with E-state index in [9.17, 15) is 0 Å². The van der Waals surface area contributed by atoms with E-state index in [1.165, 1.54) is 16.5 Å². The molecule has 2 heteroatoms. The number of aromatic nitrogens is 1. The van der Waals surface area contributed by atoms with E-state index in [1.54, 1.807) is 0 Å². The number of benzene rings is 2. The third-order valence-corrected chi connectivity index (χ3v) is 3.64. The zero-order valence-electron chi connectivity index (χ0n) is 11.6. The summed E-state index contributed by atoms with van der Waals surface area (Å²) in [6, 6.07) is 21.2. The lowest BCUT2D eigenvalue weighted by atomic mass is 10.1. The minimum Gasteiger partial charge on any atom is -0.306 e. The van der Waals surface area contributed by atoms with Crippen LogP contribution in [0.3, 0.4) is 0 Å². The molecule has 2 nitrogen and oxygen atoms in total. The number of hydrogen-bond donors (Lipinski definition) is 1. The first-order valence-corrected chi connectivity index (χ1v) is 6.95. The molecule has 1 heterocycles. The van der Waals surface area contributed by atoms with Crippen LogP contribution in [0.25, 0.3) is 10.9 Å². The van der Waals surface area contributed by atoms with E-state index in [4.69, 9.17) is 0 Å². The second kappa shape index (κ2) is 5.85. The smallest absolute Gasteiger partial charge is 0.0705 e. The molecule has 0 spiro atoms. The molecular formula is C18H18N2. The molecule has 0 aliphatic carbocycles. The fourth-order valence-corrected chi connectivity index (χ4v) is 2.43. The largest absolute Gasteiger partial charge is 0.306 e. The van der Waals surface area contributed by atoms with Crippen molar-refractivity contribution in [3.05, 3.63) is 78.0 Å². The van der Waals surface area contributed by atoms with Crippen LogP contribution in [0.1, 0.15) is 24.1 Å². The van der Waals surface area contributed by atoms with Crippen molar-refractivity contribution in [3.8, 4) is 0 Å². The summed E-state index contributed by atoms with van der Waals surface area (Å²) in [5, 5.41) is 4.80. The van der Waals surface area contributed by atoms with Gasteiger partial charge in [0.05, 0.1) is 5.52 Å². The van der Waals surface area contributed by atoms with Gasteiger partial charge in [-0.2, -0.15) is 0 Å². The molecule has 0 radical (unpaired) electrons. The first-order chi connectivity index (χ1) is 9.84. The molecule has 1 unspecified atom stereocenters. The lowest BCUT2D eigenvalue weighted by molar-refractivity contribution is 0.576. The summed E-state index contributed by atoms with van der Waals surface area (Å²) in [5.41, 5.74) is 3.66. The molecule has 0 aliphatic rings. The first kappa shape index (κ1) is 12.8. The Labute approximate surface area is 119 Å². The van der Waals surface area contributed by atoms with E-state index in [2.05, 4.69) is 65.8 Å². The van der Waals surface area contributed by atoms with Crippen molar-refractivity contribution in [2.45, 2.75) is 19.5 Å². The maximum Gasteiger partial charge on any atom is 0.0705 e. The van der Waals surface area contributed by atoms with E-state index in [1.807, 2.05) is 18.3 Å². The van der Waals surface area contributed by atoms with Gasteiger partial charge in [0.2, 0.25) is 0 Å². The van der Waals surface area contributed by atoms with E-state index in [-0.39, 0.29) is 0 Å². The Kier molecular flexibility index (Phi) is 3.75. The average Bonchev–Trinajstić information content (AvgIpc) is 2.53. The van der Waals surface area contributed by atoms with E-state index < -0.39 is 0 Å². The number of nitrogens with zero attached hydrogens (tertiary/aromatic N) is 1. The highest BCUT2D eigenvalue weighted by atomic mass is 14.9. The van der Waals surface area contributed by atoms with Crippen LogP contribution < -0.4 is 5.32 Å². The van der Waals surface area contributed by atoms with Gasteiger partial charge in [-0.3, -0.25) is 4.98 Å². The Morgan fingerprint density at radius 2 is 1.70 bits per heavy atom. The summed E-state index contributed by atoms with van der Waals surface area (Å²) in [6.45, 7) is 3.04. The lowest BCUT2D eigenvalue weighted by Crippen LogP contribution is -2.18. The zero-order valence-corrected chi connectivity index (χ0v) is 11.6.